The van der Waals surface area contributed by atoms with E-state index in [0.29, 0.717) is 35.7 Å². The lowest BCUT2D eigenvalue weighted by Gasteiger charge is -2.15. The van der Waals surface area contributed by atoms with E-state index in [1.54, 1.807) is 36.4 Å². The van der Waals surface area contributed by atoms with Crippen LogP contribution in [-0.2, 0) is 11.2 Å². The topological polar surface area (TPSA) is 76.7 Å². The molecule has 7 heteroatoms. The van der Waals surface area contributed by atoms with Crippen molar-refractivity contribution in [1.29, 1.82) is 0 Å². The summed E-state index contributed by atoms with van der Waals surface area (Å²) < 4.78 is 12.3. The lowest BCUT2D eigenvalue weighted by atomic mass is 10.1. The molecule has 1 atom stereocenters. The number of hydrogen-bond donors (Lipinski definition) is 2. The van der Waals surface area contributed by atoms with Crippen molar-refractivity contribution in [3.63, 3.8) is 0 Å². The Morgan fingerprint density at radius 3 is 2.56 bits per heavy atom. The van der Waals surface area contributed by atoms with Crippen LogP contribution in [0.25, 0.3) is 0 Å². The van der Waals surface area contributed by atoms with Crippen LogP contribution >= 0.6 is 15.9 Å². The summed E-state index contributed by atoms with van der Waals surface area (Å²) in [4.78, 5) is 26.0. The molecular weight excluding hydrogens is 496 g/mol. The number of anilines is 1. The van der Waals surface area contributed by atoms with Gasteiger partial charge in [-0.3, -0.25) is 9.59 Å². The second-order valence-corrected chi connectivity index (χ2v) is 8.98. The van der Waals surface area contributed by atoms with Gasteiger partial charge in [-0.15, -0.1) is 0 Å². The molecule has 1 saturated heterocycles. The Balaban J connectivity index is 1.44. The highest BCUT2D eigenvalue weighted by Gasteiger charge is 2.20. The first kappa shape index (κ1) is 24.0. The molecule has 176 valence electrons. The van der Waals surface area contributed by atoms with Crippen molar-refractivity contribution >= 4 is 33.4 Å². The minimum Gasteiger partial charge on any atom is -0.492 e. The summed E-state index contributed by atoms with van der Waals surface area (Å²) in [6, 6.07) is 22.3. The number of ether oxygens (including phenoxy) is 2. The molecule has 0 bridgehead atoms. The zero-order valence-electron chi connectivity index (χ0n) is 18.8. The number of hydrogen-bond acceptors (Lipinski definition) is 4. The summed E-state index contributed by atoms with van der Waals surface area (Å²) in [6.45, 7) is 1.62. The largest absolute Gasteiger partial charge is 0.492 e. The lowest BCUT2D eigenvalue weighted by Crippen LogP contribution is -2.32. The van der Waals surface area contributed by atoms with Gasteiger partial charge < -0.3 is 20.1 Å². The molecule has 3 aromatic carbocycles. The molecule has 4 rings (SSSR count). The fourth-order valence-electron chi connectivity index (χ4n) is 3.82. The third kappa shape index (κ3) is 6.46. The summed E-state index contributed by atoms with van der Waals surface area (Å²) in [7, 11) is 0. The summed E-state index contributed by atoms with van der Waals surface area (Å²) in [6.07, 6.45) is 2.72. The Bertz CT molecular complexity index is 1130. The van der Waals surface area contributed by atoms with E-state index in [0.717, 1.165) is 35.9 Å². The van der Waals surface area contributed by atoms with Gasteiger partial charge in [0.15, 0.2) is 0 Å². The zero-order chi connectivity index (χ0) is 23.8. The third-order valence-electron chi connectivity index (χ3n) is 5.61. The number of halogens is 1. The van der Waals surface area contributed by atoms with Crippen molar-refractivity contribution < 1.29 is 19.1 Å². The molecule has 2 amide bonds. The van der Waals surface area contributed by atoms with Crippen molar-refractivity contribution in [2.75, 3.05) is 25.1 Å². The minimum atomic E-state index is -0.351. The predicted octanol–water partition coefficient (Wildman–Crippen LogP) is 5.23. The average Bonchev–Trinajstić information content (AvgIpc) is 3.38. The van der Waals surface area contributed by atoms with E-state index in [2.05, 4.69) is 26.6 Å². The SMILES string of the molecule is O=C(NCC1CCCO1)c1ccccc1NC(=O)c1cc(Br)ccc1OCCc1ccccc1. The van der Waals surface area contributed by atoms with Crippen LogP contribution in [0, 0.1) is 0 Å². The number of rotatable bonds is 9. The van der Waals surface area contributed by atoms with E-state index in [-0.39, 0.29) is 17.9 Å². The molecule has 1 aliphatic heterocycles. The first-order valence-corrected chi connectivity index (χ1v) is 12.2. The van der Waals surface area contributed by atoms with Crippen molar-refractivity contribution in [2.45, 2.75) is 25.4 Å². The zero-order valence-corrected chi connectivity index (χ0v) is 20.3. The van der Waals surface area contributed by atoms with E-state index in [1.807, 2.05) is 36.4 Å². The number of carbonyl (C=O) groups is 2. The van der Waals surface area contributed by atoms with Crippen LogP contribution < -0.4 is 15.4 Å². The maximum Gasteiger partial charge on any atom is 0.259 e. The Hall–Kier alpha value is -3.16. The van der Waals surface area contributed by atoms with Crippen molar-refractivity contribution in [3.8, 4) is 5.75 Å². The molecule has 0 aliphatic carbocycles. The Morgan fingerprint density at radius 2 is 1.76 bits per heavy atom. The monoisotopic (exact) mass is 522 g/mol. The molecule has 6 nitrogen and oxygen atoms in total. The number of amides is 2. The van der Waals surface area contributed by atoms with Gasteiger partial charge in [0, 0.05) is 24.0 Å². The normalized spacial score (nSPS) is 15.0. The van der Waals surface area contributed by atoms with Gasteiger partial charge in [-0.05, 0) is 48.7 Å². The highest BCUT2D eigenvalue weighted by atomic mass is 79.9. The Labute approximate surface area is 207 Å². The Kier molecular flexibility index (Phi) is 8.33. The second-order valence-electron chi connectivity index (χ2n) is 8.07. The molecule has 1 heterocycles. The van der Waals surface area contributed by atoms with E-state index >= 15 is 0 Å². The van der Waals surface area contributed by atoms with E-state index in [4.69, 9.17) is 9.47 Å². The van der Waals surface area contributed by atoms with Gasteiger partial charge >= 0.3 is 0 Å². The maximum atomic E-state index is 13.2. The van der Waals surface area contributed by atoms with Gasteiger partial charge in [0.2, 0.25) is 0 Å². The average molecular weight is 523 g/mol. The number of benzene rings is 3. The smallest absolute Gasteiger partial charge is 0.259 e. The number of nitrogens with one attached hydrogen (secondary N) is 2. The van der Waals surface area contributed by atoms with Gasteiger partial charge in [0.05, 0.1) is 29.5 Å². The highest BCUT2D eigenvalue weighted by molar-refractivity contribution is 9.10. The maximum absolute atomic E-state index is 13.2. The molecule has 0 saturated carbocycles. The minimum absolute atomic E-state index is 0.0444. The molecule has 3 aromatic rings. The molecule has 2 N–H and O–H groups in total. The van der Waals surface area contributed by atoms with Crippen molar-refractivity contribution in [3.05, 3.63) is 94.0 Å². The quantitative estimate of drug-likeness (QED) is 0.403. The fourth-order valence-corrected chi connectivity index (χ4v) is 4.18. The molecule has 0 spiro atoms. The molecular formula is C27H27BrN2O4. The molecule has 0 radical (unpaired) electrons. The van der Waals surface area contributed by atoms with Gasteiger partial charge in [-0.1, -0.05) is 58.4 Å². The second kappa shape index (κ2) is 11.8. The van der Waals surface area contributed by atoms with Crippen LogP contribution in [0.1, 0.15) is 39.1 Å². The molecule has 1 unspecified atom stereocenters. The van der Waals surface area contributed by atoms with Gasteiger partial charge in [0.25, 0.3) is 11.8 Å². The molecule has 1 fully saturated rings. The van der Waals surface area contributed by atoms with E-state index in [1.165, 1.54) is 0 Å². The highest BCUT2D eigenvalue weighted by Crippen LogP contribution is 2.26. The molecule has 1 aliphatic rings. The predicted molar refractivity (Wildman–Crippen MR) is 135 cm³/mol. The van der Waals surface area contributed by atoms with Crippen LogP contribution in [0.3, 0.4) is 0 Å². The standard InChI is InChI=1S/C27H27BrN2O4/c28-20-12-13-25(34-16-14-19-7-2-1-3-8-19)23(17-20)27(32)30-24-11-5-4-10-22(24)26(31)29-18-21-9-6-15-33-21/h1-5,7-8,10-13,17,21H,6,9,14-16,18H2,(H,29,31)(H,30,32). The van der Waals surface area contributed by atoms with Gasteiger partial charge in [-0.25, -0.2) is 0 Å². The first-order chi connectivity index (χ1) is 16.6. The van der Waals surface area contributed by atoms with Crippen molar-refractivity contribution in [2.24, 2.45) is 0 Å². The fraction of sp³-hybridized carbons (Fsp3) is 0.259. The summed E-state index contributed by atoms with van der Waals surface area (Å²) in [5.74, 6) is -0.118. The number of carbonyl (C=O) groups excluding carboxylic acids is 2. The van der Waals surface area contributed by atoms with Gasteiger partial charge in [-0.2, -0.15) is 0 Å². The summed E-state index contributed by atoms with van der Waals surface area (Å²) in [5, 5.41) is 5.79. The van der Waals surface area contributed by atoms with Crippen LogP contribution in [0.15, 0.2) is 77.3 Å². The van der Waals surface area contributed by atoms with Crippen molar-refractivity contribution in [1.82, 2.24) is 5.32 Å². The molecule has 0 aromatic heterocycles. The van der Waals surface area contributed by atoms with E-state index in [9.17, 15) is 9.59 Å². The summed E-state index contributed by atoms with van der Waals surface area (Å²) in [5.41, 5.74) is 2.38. The van der Waals surface area contributed by atoms with Crippen LogP contribution in [0.4, 0.5) is 5.69 Å². The van der Waals surface area contributed by atoms with Crippen LogP contribution in [0.2, 0.25) is 0 Å². The van der Waals surface area contributed by atoms with Crippen LogP contribution in [0.5, 0.6) is 5.75 Å². The number of para-hydroxylation sites is 1. The Morgan fingerprint density at radius 1 is 0.971 bits per heavy atom. The lowest BCUT2D eigenvalue weighted by molar-refractivity contribution is 0.0858. The first-order valence-electron chi connectivity index (χ1n) is 11.4. The summed E-state index contributed by atoms with van der Waals surface area (Å²) >= 11 is 3.43. The van der Waals surface area contributed by atoms with Gasteiger partial charge in [0.1, 0.15) is 5.75 Å². The van der Waals surface area contributed by atoms with E-state index < -0.39 is 0 Å². The van der Waals surface area contributed by atoms with Crippen LogP contribution in [-0.4, -0.2) is 37.7 Å². The third-order valence-corrected chi connectivity index (χ3v) is 6.10. The molecule has 34 heavy (non-hydrogen) atoms.